The minimum Gasteiger partial charge on any atom is -0.317 e. The molecule has 0 unspecified atom stereocenters. The second-order valence-corrected chi connectivity index (χ2v) is 5.48. The molecule has 2 aliphatic rings. The zero-order chi connectivity index (χ0) is 12.6. The smallest absolute Gasteiger partial charge is 0.276 e. The lowest BCUT2D eigenvalue weighted by Gasteiger charge is -2.31. The summed E-state index contributed by atoms with van der Waals surface area (Å²) in [6.45, 7) is 1.43. The van der Waals surface area contributed by atoms with Crippen molar-refractivity contribution in [1.82, 2.24) is 5.32 Å². The van der Waals surface area contributed by atoms with Gasteiger partial charge in [-0.05, 0) is 62.4 Å². The molecule has 0 radical (unpaired) electrons. The molecule has 1 fully saturated rings. The van der Waals surface area contributed by atoms with Crippen molar-refractivity contribution in [3.63, 3.8) is 0 Å². The molecule has 1 nitrogen and oxygen atoms in total. The van der Waals surface area contributed by atoms with Gasteiger partial charge in [-0.2, -0.15) is 0 Å². The van der Waals surface area contributed by atoms with Crippen LogP contribution in [-0.2, 0) is 18.8 Å². The molecule has 98 valence electrons. The molecule has 3 rings (SSSR count). The van der Waals surface area contributed by atoms with Gasteiger partial charge < -0.3 is 5.32 Å². The van der Waals surface area contributed by atoms with Gasteiger partial charge in [0.25, 0.3) is 5.92 Å². The maximum absolute atomic E-state index is 14.5. The number of aryl methyl sites for hydroxylation is 2. The van der Waals surface area contributed by atoms with Crippen LogP contribution in [0.3, 0.4) is 0 Å². The summed E-state index contributed by atoms with van der Waals surface area (Å²) in [6.07, 6.45) is 4.27. The first-order chi connectivity index (χ1) is 8.68. The molecule has 1 aromatic carbocycles. The summed E-state index contributed by atoms with van der Waals surface area (Å²) in [5, 5.41) is 3.15. The van der Waals surface area contributed by atoms with Crippen molar-refractivity contribution < 1.29 is 8.78 Å². The monoisotopic (exact) mass is 251 g/mol. The molecule has 0 atom stereocenters. The highest BCUT2D eigenvalue weighted by Gasteiger charge is 2.41. The lowest BCUT2D eigenvalue weighted by atomic mass is 9.86. The van der Waals surface area contributed by atoms with Crippen molar-refractivity contribution in [1.29, 1.82) is 0 Å². The summed E-state index contributed by atoms with van der Waals surface area (Å²) in [5.74, 6) is -3.17. The fraction of sp³-hybridized carbons (Fsp3) is 0.600. The first kappa shape index (κ1) is 12.1. The fourth-order valence-electron chi connectivity index (χ4n) is 3.20. The Kier molecular flexibility index (Phi) is 3.10. The maximum atomic E-state index is 14.5. The van der Waals surface area contributed by atoms with E-state index in [4.69, 9.17) is 0 Å². The standard InChI is InChI=1S/C15H19F2N/c16-15(17,13-6-8-18-9-7-13)14-5-4-11-2-1-3-12(11)10-14/h4-5,10,13,18H,1-3,6-9H2. The Balaban J connectivity index is 1.87. The highest BCUT2D eigenvalue weighted by atomic mass is 19.3. The molecule has 1 heterocycles. The van der Waals surface area contributed by atoms with Gasteiger partial charge in [0.1, 0.15) is 0 Å². The number of fused-ring (bicyclic) bond motifs is 1. The van der Waals surface area contributed by atoms with Gasteiger partial charge in [0, 0.05) is 11.5 Å². The number of rotatable bonds is 2. The molecule has 1 N–H and O–H groups in total. The van der Waals surface area contributed by atoms with E-state index in [2.05, 4.69) is 5.32 Å². The Labute approximate surface area is 107 Å². The molecule has 0 aromatic heterocycles. The third-order valence-electron chi connectivity index (χ3n) is 4.34. The molecule has 1 aliphatic heterocycles. The number of alkyl halides is 2. The molecule has 0 amide bonds. The molecule has 3 heteroatoms. The number of hydrogen-bond acceptors (Lipinski definition) is 1. The summed E-state index contributed by atoms with van der Waals surface area (Å²) in [4.78, 5) is 0. The predicted octanol–water partition coefficient (Wildman–Crippen LogP) is 3.27. The molecular weight excluding hydrogens is 232 g/mol. The van der Waals surface area contributed by atoms with Crippen molar-refractivity contribution in [2.24, 2.45) is 5.92 Å². The topological polar surface area (TPSA) is 12.0 Å². The van der Waals surface area contributed by atoms with Crippen LogP contribution in [-0.4, -0.2) is 13.1 Å². The van der Waals surface area contributed by atoms with Crippen molar-refractivity contribution in [3.05, 3.63) is 34.9 Å². The predicted molar refractivity (Wildman–Crippen MR) is 68.0 cm³/mol. The lowest BCUT2D eigenvalue weighted by molar-refractivity contribution is -0.0753. The van der Waals surface area contributed by atoms with Gasteiger partial charge in [0.05, 0.1) is 0 Å². The number of nitrogens with one attached hydrogen (secondary N) is 1. The summed E-state index contributed by atoms with van der Waals surface area (Å²) in [7, 11) is 0. The van der Waals surface area contributed by atoms with Gasteiger partial charge in [-0.1, -0.05) is 12.1 Å². The molecular formula is C15H19F2N. The minimum absolute atomic E-state index is 0.232. The van der Waals surface area contributed by atoms with Crippen LogP contribution in [0.5, 0.6) is 0 Å². The van der Waals surface area contributed by atoms with E-state index in [9.17, 15) is 8.78 Å². The van der Waals surface area contributed by atoms with Crippen LogP contribution in [0.15, 0.2) is 18.2 Å². The molecule has 1 aromatic rings. The van der Waals surface area contributed by atoms with E-state index < -0.39 is 11.8 Å². The summed E-state index contributed by atoms with van der Waals surface area (Å²) >= 11 is 0. The van der Waals surface area contributed by atoms with E-state index >= 15 is 0 Å². The zero-order valence-electron chi connectivity index (χ0n) is 10.5. The molecule has 1 saturated heterocycles. The molecule has 0 saturated carbocycles. The van der Waals surface area contributed by atoms with Crippen molar-refractivity contribution >= 4 is 0 Å². The second-order valence-electron chi connectivity index (χ2n) is 5.48. The lowest BCUT2D eigenvalue weighted by Crippen LogP contribution is -2.36. The maximum Gasteiger partial charge on any atom is 0.276 e. The second kappa shape index (κ2) is 4.61. The van der Waals surface area contributed by atoms with Gasteiger partial charge >= 0.3 is 0 Å². The highest BCUT2D eigenvalue weighted by molar-refractivity contribution is 5.37. The van der Waals surface area contributed by atoms with Gasteiger partial charge in [-0.15, -0.1) is 0 Å². The molecule has 0 bridgehead atoms. The Morgan fingerprint density at radius 2 is 1.78 bits per heavy atom. The number of hydrogen-bond donors (Lipinski definition) is 1. The number of halogens is 2. The summed E-state index contributed by atoms with van der Waals surface area (Å²) < 4.78 is 29.0. The third kappa shape index (κ3) is 2.05. The van der Waals surface area contributed by atoms with Crippen molar-refractivity contribution in [2.75, 3.05) is 13.1 Å². The van der Waals surface area contributed by atoms with Crippen molar-refractivity contribution in [3.8, 4) is 0 Å². The van der Waals surface area contributed by atoms with Crippen LogP contribution in [0.2, 0.25) is 0 Å². The van der Waals surface area contributed by atoms with E-state index in [1.807, 2.05) is 6.07 Å². The van der Waals surface area contributed by atoms with E-state index in [-0.39, 0.29) is 5.56 Å². The minimum atomic E-state index is -2.67. The highest BCUT2D eigenvalue weighted by Crippen LogP contribution is 2.41. The zero-order valence-corrected chi connectivity index (χ0v) is 10.5. The first-order valence-electron chi connectivity index (χ1n) is 6.89. The number of benzene rings is 1. The van der Waals surface area contributed by atoms with Crippen molar-refractivity contribution in [2.45, 2.75) is 38.0 Å². The average Bonchev–Trinajstić information content (AvgIpc) is 2.87. The average molecular weight is 251 g/mol. The summed E-state index contributed by atoms with van der Waals surface area (Å²) in [6, 6.07) is 5.31. The Morgan fingerprint density at radius 3 is 2.56 bits per heavy atom. The molecule has 0 spiro atoms. The largest absolute Gasteiger partial charge is 0.317 e. The summed E-state index contributed by atoms with van der Waals surface area (Å²) in [5.41, 5.74) is 2.64. The van der Waals surface area contributed by atoms with E-state index in [1.54, 1.807) is 12.1 Å². The van der Waals surface area contributed by atoms with E-state index in [0.29, 0.717) is 25.9 Å². The Morgan fingerprint density at radius 1 is 1.06 bits per heavy atom. The SMILES string of the molecule is FC(F)(c1ccc2c(c1)CCC2)C1CCNCC1. The van der Waals surface area contributed by atoms with Gasteiger partial charge in [0.2, 0.25) is 0 Å². The van der Waals surface area contributed by atoms with E-state index in [1.165, 1.54) is 5.56 Å². The van der Waals surface area contributed by atoms with E-state index in [0.717, 1.165) is 24.8 Å². The number of piperidine rings is 1. The fourth-order valence-corrected chi connectivity index (χ4v) is 3.20. The Hall–Kier alpha value is -0.960. The normalized spacial score (nSPS) is 21.0. The van der Waals surface area contributed by atoms with Gasteiger partial charge in [-0.25, -0.2) is 8.78 Å². The van der Waals surface area contributed by atoms with Crippen LogP contribution < -0.4 is 5.32 Å². The van der Waals surface area contributed by atoms with Crippen LogP contribution in [0.1, 0.15) is 36.0 Å². The van der Waals surface area contributed by atoms with Gasteiger partial charge in [0.15, 0.2) is 0 Å². The molecule has 18 heavy (non-hydrogen) atoms. The third-order valence-corrected chi connectivity index (χ3v) is 4.34. The van der Waals surface area contributed by atoms with Crippen LogP contribution >= 0.6 is 0 Å². The van der Waals surface area contributed by atoms with Crippen LogP contribution in [0.25, 0.3) is 0 Å². The van der Waals surface area contributed by atoms with Crippen LogP contribution in [0, 0.1) is 5.92 Å². The van der Waals surface area contributed by atoms with Crippen LogP contribution in [0.4, 0.5) is 8.78 Å². The first-order valence-corrected chi connectivity index (χ1v) is 6.89. The Bertz CT molecular complexity index is 436. The van der Waals surface area contributed by atoms with Gasteiger partial charge in [-0.3, -0.25) is 0 Å². The molecule has 1 aliphatic carbocycles. The quantitative estimate of drug-likeness (QED) is 0.850.